The number of benzene rings is 1. The first kappa shape index (κ1) is 17.8. The molecular formula is C22H29NO2. The second-order valence-electron chi connectivity index (χ2n) is 6.78. The molecule has 2 aromatic rings. The van der Waals surface area contributed by atoms with Crippen molar-refractivity contribution in [3.05, 3.63) is 42.0 Å². The van der Waals surface area contributed by atoms with Crippen molar-refractivity contribution in [2.75, 3.05) is 13.7 Å². The molecule has 0 radical (unpaired) electrons. The van der Waals surface area contributed by atoms with Gasteiger partial charge in [-0.2, -0.15) is 0 Å². The number of allylic oxidation sites excluding steroid dienone is 2. The fourth-order valence-corrected chi connectivity index (χ4v) is 3.81. The Morgan fingerprint density at radius 3 is 2.72 bits per heavy atom. The molecule has 1 aromatic carbocycles. The van der Waals surface area contributed by atoms with Crippen LogP contribution in [0.15, 0.2) is 36.4 Å². The molecule has 3 rings (SSSR count). The molecule has 1 saturated carbocycles. The Morgan fingerprint density at radius 1 is 1.16 bits per heavy atom. The van der Waals surface area contributed by atoms with Crippen LogP contribution in [-0.4, -0.2) is 18.7 Å². The first-order valence-corrected chi connectivity index (χ1v) is 9.56. The maximum absolute atomic E-state index is 5.98. The van der Waals surface area contributed by atoms with Gasteiger partial charge in [0.25, 0.3) is 0 Å². The molecule has 0 bridgehead atoms. The van der Waals surface area contributed by atoms with Crippen LogP contribution in [0.25, 0.3) is 10.9 Å². The number of fused-ring (bicyclic) bond motifs is 1. The molecule has 0 saturated heterocycles. The lowest BCUT2D eigenvalue weighted by Gasteiger charge is -2.15. The highest BCUT2D eigenvalue weighted by Crippen LogP contribution is 2.35. The number of hydrogen-bond donors (Lipinski definition) is 0. The van der Waals surface area contributed by atoms with Crippen molar-refractivity contribution in [3.63, 3.8) is 0 Å². The van der Waals surface area contributed by atoms with Crippen molar-refractivity contribution in [3.8, 4) is 11.6 Å². The molecule has 1 aliphatic carbocycles. The SMILES string of the molecule is CCOc1c(C/C=C/CCC2CCCC2)c(OC)nc2ccccc12. The lowest BCUT2D eigenvalue weighted by Crippen LogP contribution is -2.02. The second-order valence-corrected chi connectivity index (χ2v) is 6.78. The van der Waals surface area contributed by atoms with Gasteiger partial charge in [0.15, 0.2) is 0 Å². The summed E-state index contributed by atoms with van der Waals surface area (Å²) in [6, 6.07) is 8.09. The fraction of sp³-hybridized carbons (Fsp3) is 0.500. The zero-order valence-corrected chi connectivity index (χ0v) is 15.5. The number of rotatable bonds is 8. The summed E-state index contributed by atoms with van der Waals surface area (Å²) in [4.78, 5) is 4.66. The van der Waals surface area contributed by atoms with Crippen molar-refractivity contribution < 1.29 is 9.47 Å². The maximum atomic E-state index is 5.98. The number of ether oxygens (including phenoxy) is 2. The number of nitrogens with zero attached hydrogens (tertiary/aromatic N) is 1. The number of hydrogen-bond acceptors (Lipinski definition) is 3. The lowest BCUT2D eigenvalue weighted by molar-refractivity contribution is 0.333. The smallest absolute Gasteiger partial charge is 0.220 e. The average molecular weight is 339 g/mol. The minimum absolute atomic E-state index is 0.634. The summed E-state index contributed by atoms with van der Waals surface area (Å²) in [5.41, 5.74) is 1.96. The quantitative estimate of drug-likeness (QED) is 0.577. The van der Waals surface area contributed by atoms with E-state index in [1.807, 2.05) is 25.1 Å². The van der Waals surface area contributed by atoms with Gasteiger partial charge in [0, 0.05) is 5.39 Å². The zero-order chi connectivity index (χ0) is 17.5. The highest BCUT2D eigenvalue weighted by atomic mass is 16.5. The van der Waals surface area contributed by atoms with E-state index in [4.69, 9.17) is 9.47 Å². The summed E-state index contributed by atoms with van der Waals surface area (Å²) in [5.74, 6) is 2.52. The number of pyridine rings is 1. The molecule has 3 heteroatoms. The molecule has 0 atom stereocenters. The van der Waals surface area contributed by atoms with E-state index in [0.717, 1.165) is 41.0 Å². The summed E-state index contributed by atoms with van der Waals surface area (Å²) in [5, 5.41) is 1.06. The Bertz CT molecular complexity index is 717. The van der Waals surface area contributed by atoms with Crippen molar-refractivity contribution in [2.45, 2.75) is 51.9 Å². The van der Waals surface area contributed by atoms with Gasteiger partial charge in [-0.3, -0.25) is 0 Å². The van der Waals surface area contributed by atoms with Crippen LogP contribution in [0, 0.1) is 5.92 Å². The van der Waals surface area contributed by atoms with Crippen LogP contribution < -0.4 is 9.47 Å². The van der Waals surface area contributed by atoms with E-state index < -0.39 is 0 Å². The fourth-order valence-electron chi connectivity index (χ4n) is 3.81. The molecule has 0 spiro atoms. The van der Waals surface area contributed by atoms with E-state index >= 15 is 0 Å². The van der Waals surface area contributed by atoms with Crippen LogP contribution in [0.2, 0.25) is 0 Å². The Morgan fingerprint density at radius 2 is 1.96 bits per heavy atom. The third-order valence-corrected chi connectivity index (χ3v) is 5.09. The molecule has 1 heterocycles. The average Bonchev–Trinajstić information content (AvgIpc) is 3.16. The predicted molar refractivity (Wildman–Crippen MR) is 104 cm³/mol. The van der Waals surface area contributed by atoms with Crippen molar-refractivity contribution in [1.82, 2.24) is 4.98 Å². The topological polar surface area (TPSA) is 31.4 Å². The normalized spacial score (nSPS) is 15.3. The summed E-state index contributed by atoms with van der Waals surface area (Å²) in [6.07, 6.45) is 13.5. The lowest BCUT2D eigenvalue weighted by atomic mass is 10.0. The molecule has 25 heavy (non-hydrogen) atoms. The number of methoxy groups -OCH3 is 1. The van der Waals surface area contributed by atoms with Gasteiger partial charge in [-0.15, -0.1) is 0 Å². The number of para-hydroxylation sites is 1. The molecule has 0 unspecified atom stereocenters. The van der Waals surface area contributed by atoms with Gasteiger partial charge in [-0.1, -0.05) is 50.0 Å². The van der Waals surface area contributed by atoms with Crippen LogP contribution in [0.4, 0.5) is 0 Å². The molecule has 1 aromatic heterocycles. The second kappa shape index (κ2) is 8.89. The summed E-state index contributed by atoms with van der Waals surface area (Å²) in [7, 11) is 1.68. The maximum Gasteiger partial charge on any atom is 0.220 e. The first-order valence-electron chi connectivity index (χ1n) is 9.56. The highest BCUT2D eigenvalue weighted by Gasteiger charge is 2.16. The van der Waals surface area contributed by atoms with Gasteiger partial charge >= 0.3 is 0 Å². The van der Waals surface area contributed by atoms with Gasteiger partial charge in [-0.05, 0) is 44.2 Å². The first-order chi connectivity index (χ1) is 12.3. The molecule has 0 N–H and O–H groups in total. The summed E-state index contributed by atoms with van der Waals surface area (Å²) < 4.78 is 11.5. The number of aromatic nitrogens is 1. The van der Waals surface area contributed by atoms with Crippen molar-refractivity contribution >= 4 is 10.9 Å². The van der Waals surface area contributed by atoms with Crippen molar-refractivity contribution in [1.29, 1.82) is 0 Å². The largest absolute Gasteiger partial charge is 0.493 e. The van der Waals surface area contributed by atoms with Gasteiger partial charge in [0.2, 0.25) is 5.88 Å². The molecule has 134 valence electrons. The minimum atomic E-state index is 0.634. The van der Waals surface area contributed by atoms with Crippen LogP contribution in [0.1, 0.15) is 51.0 Å². The molecule has 3 nitrogen and oxygen atoms in total. The standard InChI is InChI=1S/C22H29NO2/c1-3-25-21-18-14-9-10-16-20(18)23-22(24-2)19(21)15-6-4-5-11-17-12-7-8-13-17/h4,6,9-10,14,16-17H,3,5,7-8,11-13,15H2,1-2H3/b6-4+. The Kier molecular flexibility index (Phi) is 6.32. The van der Waals surface area contributed by atoms with E-state index in [1.165, 1.54) is 32.1 Å². The van der Waals surface area contributed by atoms with Crippen LogP contribution in [0.3, 0.4) is 0 Å². The van der Waals surface area contributed by atoms with Crippen LogP contribution in [-0.2, 0) is 6.42 Å². The third-order valence-electron chi connectivity index (χ3n) is 5.09. The molecule has 1 aliphatic rings. The van der Waals surface area contributed by atoms with E-state index in [2.05, 4.69) is 23.2 Å². The van der Waals surface area contributed by atoms with Crippen molar-refractivity contribution in [2.24, 2.45) is 5.92 Å². The third kappa shape index (κ3) is 4.33. The Labute approximate surface area is 151 Å². The van der Waals surface area contributed by atoms with Gasteiger partial charge in [0.05, 0.1) is 24.8 Å². The molecular weight excluding hydrogens is 310 g/mol. The minimum Gasteiger partial charge on any atom is -0.493 e. The van der Waals surface area contributed by atoms with Crippen LogP contribution in [0.5, 0.6) is 11.6 Å². The predicted octanol–water partition coefficient (Wildman–Crippen LogP) is 5.71. The van der Waals surface area contributed by atoms with Crippen LogP contribution >= 0.6 is 0 Å². The zero-order valence-electron chi connectivity index (χ0n) is 15.5. The highest BCUT2D eigenvalue weighted by molar-refractivity contribution is 5.87. The van der Waals surface area contributed by atoms with Gasteiger partial charge in [-0.25, -0.2) is 4.98 Å². The van der Waals surface area contributed by atoms with E-state index in [1.54, 1.807) is 7.11 Å². The molecule has 0 aliphatic heterocycles. The molecule has 1 fully saturated rings. The van der Waals surface area contributed by atoms with Gasteiger partial charge < -0.3 is 9.47 Å². The van der Waals surface area contributed by atoms with E-state index in [-0.39, 0.29) is 0 Å². The van der Waals surface area contributed by atoms with Gasteiger partial charge in [0.1, 0.15) is 5.75 Å². The Hall–Kier alpha value is -2.03. The van der Waals surface area contributed by atoms with E-state index in [0.29, 0.717) is 12.5 Å². The summed E-state index contributed by atoms with van der Waals surface area (Å²) in [6.45, 7) is 2.65. The monoisotopic (exact) mass is 339 g/mol. The Balaban J connectivity index is 1.77. The van der Waals surface area contributed by atoms with E-state index in [9.17, 15) is 0 Å². The molecule has 0 amide bonds. The summed E-state index contributed by atoms with van der Waals surface area (Å²) >= 11 is 0.